The fourth-order valence-corrected chi connectivity index (χ4v) is 7.00. The molecule has 2 amide bonds. The Balaban J connectivity index is 1.15. The Morgan fingerprint density at radius 2 is 1.86 bits per heavy atom. The van der Waals surface area contributed by atoms with E-state index in [1.165, 1.54) is 30.6 Å². The maximum absolute atomic E-state index is 14.2. The third-order valence-corrected chi connectivity index (χ3v) is 9.14. The number of pyridine rings is 1. The molecule has 0 unspecified atom stereocenters. The molecule has 2 aromatic heterocycles. The summed E-state index contributed by atoms with van der Waals surface area (Å²) in [5, 5.41) is 8.05. The first-order valence-electron chi connectivity index (χ1n) is 15.0. The minimum absolute atomic E-state index is 0.0266. The highest BCUT2D eigenvalue weighted by atomic mass is 19.1. The minimum Gasteiger partial charge on any atom is -0.333 e. The number of amides is 2. The number of carbonyl (C=O) groups excluding carboxylic acids is 2. The van der Waals surface area contributed by atoms with Gasteiger partial charge in [0.2, 0.25) is 5.91 Å². The Kier molecular flexibility index (Phi) is 6.97. The zero-order valence-electron chi connectivity index (χ0n) is 25.1. The second kappa shape index (κ2) is 10.7. The van der Waals surface area contributed by atoms with E-state index in [4.69, 9.17) is 0 Å². The number of hydrogen-bond acceptors (Lipinski definition) is 6. The Bertz CT molecular complexity index is 1770. The van der Waals surface area contributed by atoms with E-state index in [0.717, 1.165) is 33.7 Å². The summed E-state index contributed by atoms with van der Waals surface area (Å²) in [6.45, 7) is 9.14. The number of nitrogens with zero attached hydrogens (tertiary/aromatic N) is 6. The van der Waals surface area contributed by atoms with Gasteiger partial charge in [-0.2, -0.15) is 5.10 Å². The van der Waals surface area contributed by atoms with E-state index < -0.39 is 5.82 Å². The van der Waals surface area contributed by atoms with Crippen LogP contribution in [0.25, 0.3) is 5.65 Å². The number of rotatable bonds is 6. The molecular weight excluding hydrogens is 564 g/mol. The van der Waals surface area contributed by atoms with Crippen LogP contribution in [0.15, 0.2) is 54.9 Å². The molecule has 3 aliphatic heterocycles. The van der Waals surface area contributed by atoms with Gasteiger partial charge in [0.1, 0.15) is 18.0 Å². The second-order valence-electron chi connectivity index (χ2n) is 12.9. The van der Waals surface area contributed by atoms with Crippen LogP contribution in [0.2, 0.25) is 0 Å². The van der Waals surface area contributed by atoms with Crippen molar-refractivity contribution in [1.29, 1.82) is 0 Å². The predicted octanol–water partition coefficient (Wildman–Crippen LogP) is 3.54. The highest BCUT2D eigenvalue weighted by Gasteiger charge is 2.42. The van der Waals surface area contributed by atoms with Gasteiger partial charge in [0.15, 0.2) is 5.65 Å². The van der Waals surface area contributed by atoms with Crippen molar-refractivity contribution < 1.29 is 18.4 Å². The van der Waals surface area contributed by atoms with Gasteiger partial charge in [-0.15, -0.1) is 0 Å². The number of halogens is 2. The zero-order chi connectivity index (χ0) is 30.7. The molecule has 228 valence electrons. The van der Waals surface area contributed by atoms with Gasteiger partial charge >= 0.3 is 0 Å². The first-order valence-corrected chi connectivity index (χ1v) is 15.0. The molecule has 4 aromatic rings. The maximum atomic E-state index is 14.2. The molecular formula is C33H35F2N7O2. The number of carbonyl (C=O) groups is 2. The monoisotopic (exact) mass is 599 g/mol. The van der Waals surface area contributed by atoms with Gasteiger partial charge in [-0.1, -0.05) is 32.0 Å². The third-order valence-electron chi connectivity index (χ3n) is 9.14. The van der Waals surface area contributed by atoms with E-state index in [1.807, 2.05) is 15.5 Å². The molecule has 11 heteroatoms. The molecule has 7 rings (SSSR count). The Morgan fingerprint density at radius 3 is 2.66 bits per heavy atom. The van der Waals surface area contributed by atoms with E-state index in [1.54, 1.807) is 23.1 Å². The summed E-state index contributed by atoms with van der Waals surface area (Å²) in [6, 6.07) is 12.9. The number of hydrogen-bond donors (Lipinski definition) is 1. The molecule has 0 bridgehead atoms. The van der Waals surface area contributed by atoms with Crippen molar-refractivity contribution >= 4 is 23.1 Å². The smallest absolute Gasteiger partial charge is 0.254 e. The van der Waals surface area contributed by atoms with Crippen LogP contribution in [-0.4, -0.2) is 81.0 Å². The predicted molar refractivity (Wildman–Crippen MR) is 162 cm³/mol. The van der Waals surface area contributed by atoms with Crippen LogP contribution in [0.5, 0.6) is 0 Å². The van der Waals surface area contributed by atoms with Crippen molar-refractivity contribution in [3.05, 3.63) is 94.4 Å². The summed E-state index contributed by atoms with van der Waals surface area (Å²) in [5.41, 5.74) is 5.17. The topological polar surface area (TPSA) is 86.1 Å². The quantitative estimate of drug-likeness (QED) is 0.365. The normalized spacial score (nSPS) is 21.2. The molecule has 2 aromatic carbocycles. The average molecular weight is 600 g/mol. The van der Waals surface area contributed by atoms with Gasteiger partial charge in [0.05, 0.1) is 17.9 Å². The molecule has 9 nitrogen and oxygen atoms in total. The van der Waals surface area contributed by atoms with Crippen molar-refractivity contribution in [1.82, 2.24) is 29.7 Å². The van der Waals surface area contributed by atoms with Crippen LogP contribution in [-0.2, 0) is 23.2 Å². The Morgan fingerprint density at radius 1 is 1.09 bits per heavy atom. The molecule has 0 aliphatic carbocycles. The summed E-state index contributed by atoms with van der Waals surface area (Å²) in [5.74, 6) is -0.912. The minimum atomic E-state index is -0.419. The fourth-order valence-electron chi connectivity index (χ4n) is 7.00. The fraction of sp³-hybridized carbons (Fsp3) is 0.394. The molecule has 1 N–H and O–H groups in total. The molecule has 1 saturated heterocycles. The lowest BCUT2D eigenvalue weighted by Gasteiger charge is -2.41. The van der Waals surface area contributed by atoms with Crippen molar-refractivity contribution in [2.75, 3.05) is 37.6 Å². The third kappa shape index (κ3) is 5.03. The number of aromatic nitrogens is 3. The van der Waals surface area contributed by atoms with Crippen molar-refractivity contribution in [2.45, 2.75) is 51.2 Å². The number of piperazine rings is 1. The largest absolute Gasteiger partial charge is 0.333 e. The van der Waals surface area contributed by atoms with Gasteiger partial charge in [0, 0.05) is 67.8 Å². The lowest BCUT2D eigenvalue weighted by molar-refractivity contribution is -0.120. The van der Waals surface area contributed by atoms with E-state index in [-0.39, 0.29) is 41.7 Å². The van der Waals surface area contributed by atoms with E-state index in [2.05, 4.69) is 41.1 Å². The standard InChI is InChI=1S/C33H35F2N7O2/c1-20-14-39(26(13-36-20)16-40-15-22-6-9-25(35)12-27(22)32(40)44)17-29(43)41-18-33(2,3)30-28(41)11-23(31-37-19-38-42(30)31)10-21-4-7-24(34)8-5-21/h4-9,11-12,19-20,26,36H,10,13-18H2,1-3H3/t20-,26-/m1/s1. The number of nitrogens with one attached hydrogen (secondary N) is 1. The van der Waals surface area contributed by atoms with Crippen LogP contribution in [0.4, 0.5) is 14.5 Å². The number of anilines is 1. The van der Waals surface area contributed by atoms with Crippen LogP contribution >= 0.6 is 0 Å². The lowest BCUT2D eigenvalue weighted by Crippen LogP contribution is -2.60. The van der Waals surface area contributed by atoms with Crippen LogP contribution in [0.3, 0.4) is 0 Å². The van der Waals surface area contributed by atoms with Crippen LogP contribution < -0.4 is 10.2 Å². The van der Waals surface area contributed by atoms with E-state index in [0.29, 0.717) is 44.7 Å². The molecule has 0 radical (unpaired) electrons. The summed E-state index contributed by atoms with van der Waals surface area (Å²) >= 11 is 0. The SMILES string of the molecule is C[C@@H]1CN(CC(=O)N2CC(C)(C)c3c2cc(Cc2ccc(F)cc2)c2ncnn32)[C@@H](CN2Cc3ccc(F)cc3C2=O)CN1. The molecule has 3 aliphatic rings. The Hall–Kier alpha value is -4.22. The molecule has 0 spiro atoms. The second-order valence-corrected chi connectivity index (χ2v) is 12.9. The maximum Gasteiger partial charge on any atom is 0.254 e. The van der Waals surface area contributed by atoms with Crippen LogP contribution in [0.1, 0.15) is 53.5 Å². The summed E-state index contributed by atoms with van der Waals surface area (Å²) < 4.78 is 29.3. The number of fused-ring (bicyclic) bond motifs is 4. The number of benzene rings is 2. The van der Waals surface area contributed by atoms with Crippen LogP contribution in [0, 0.1) is 11.6 Å². The zero-order valence-corrected chi connectivity index (χ0v) is 25.1. The highest BCUT2D eigenvalue weighted by Crippen LogP contribution is 2.42. The van der Waals surface area contributed by atoms with Crippen molar-refractivity contribution in [3.63, 3.8) is 0 Å². The lowest BCUT2D eigenvalue weighted by atomic mass is 9.90. The summed E-state index contributed by atoms with van der Waals surface area (Å²) in [6.07, 6.45) is 2.05. The van der Waals surface area contributed by atoms with Gasteiger partial charge in [0.25, 0.3) is 5.91 Å². The first kappa shape index (κ1) is 28.5. The first-order chi connectivity index (χ1) is 21.1. The molecule has 2 atom stereocenters. The molecule has 44 heavy (non-hydrogen) atoms. The van der Waals surface area contributed by atoms with Gasteiger partial charge in [-0.25, -0.2) is 18.3 Å². The van der Waals surface area contributed by atoms with Gasteiger partial charge < -0.3 is 15.1 Å². The van der Waals surface area contributed by atoms with E-state index in [9.17, 15) is 18.4 Å². The average Bonchev–Trinajstić information content (AvgIpc) is 3.66. The van der Waals surface area contributed by atoms with Crippen molar-refractivity contribution in [3.8, 4) is 0 Å². The highest BCUT2D eigenvalue weighted by molar-refractivity contribution is 5.99. The molecule has 1 fully saturated rings. The molecule has 0 saturated carbocycles. The van der Waals surface area contributed by atoms with Crippen molar-refractivity contribution in [2.24, 2.45) is 0 Å². The molecule has 5 heterocycles. The summed E-state index contributed by atoms with van der Waals surface area (Å²) in [7, 11) is 0. The van der Waals surface area contributed by atoms with E-state index >= 15 is 0 Å². The van der Waals surface area contributed by atoms with Gasteiger partial charge in [-0.05, 0) is 48.4 Å². The summed E-state index contributed by atoms with van der Waals surface area (Å²) in [4.78, 5) is 37.6. The Labute approximate surface area is 254 Å². The van der Waals surface area contributed by atoms with Gasteiger partial charge in [-0.3, -0.25) is 14.5 Å².